The molecule has 0 fully saturated rings. The molecule has 2 N–H and O–H groups in total. The quantitative estimate of drug-likeness (QED) is 0.322. The van der Waals surface area contributed by atoms with Crippen molar-refractivity contribution in [2.75, 3.05) is 10.6 Å². The molecule has 0 spiro atoms. The number of hydrogen-bond donors (Lipinski definition) is 2. The zero-order valence-corrected chi connectivity index (χ0v) is 17.1. The molecule has 4 aromatic rings. The van der Waals surface area contributed by atoms with Gasteiger partial charge < -0.3 is 10.6 Å². The minimum Gasteiger partial charge on any atom is -0.340 e. The Morgan fingerprint density at radius 3 is 2.19 bits per heavy atom. The lowest BCUT2D eigenvalue weighted by Gasteiger charge is -2.09. The van der Waals surface area contributed by atoms with E-state index < -0.39 is 5.91 Å². The minimum atomic E-state index is -0.458. The van der Waals surface area contributed by atoms with E-state index in [0.717, 1.165) is 22.5 Å². The number of nitriles is 1. The third kappa shape index (κ3) is 5.23. The Hall–Kier alpha value is -4.76. The van der Waals surface area contributed by atoms with Crippen LogP contribution in [0.15, 0.2) is 103 Å². The Morgan fingerprint density at radius 2 is 1.50 bits per heavy atom. The number of nitrogens with one attached hydrogen (secondary N) is 2. The maximum atomic E-state index is 12.5. The summed E-state index contributed by atoms with van der Waals surface area (Å²) < 4.78 is 0. The van der Waals surface area contributed by atoms with Gasteiger partial charge in [-0.25, -0.2) is 9.97 Å². The van der Waals surface area contributed by atoms with Crippen molar-refractivity contribution in [2.24, 2.45) is 0 Å². The first-order chi connectivity index (χ1) is 15.7. The Bertz CT molecular complexity index is 1280. The van der Waals surface area contributed by atoms with E-state index in [0.29, 0.717) is 11.5 Å². The number of hydrogen-bond acceptors (Lipinski definition) is 5. The lowest BCUT2D eigenvalue weighted by molar-refractivity contribution is -0.112. The summed E-state index contributed by atoms with van der Waals surface area (Å²) in [5.74, 6) is 0.202. The maximum absolute atomic E-state index is 12.5. The van der Waals surface area contributed by atoms with E-state index in [1.165, 1.54) is 6.33 Å². The predicted molar refractivity (Wildman–Crippen MR) is 126 cm³/mol. The van der Waals surface area contributed by atoms with Crippen LogP contribution in [-0.4, -0.2) is 15.9 Å². The molecule has 0 unspecified atom stereocenters. The van der Waals surface area contributed by atoms with Gasteiger partial charge in [0, 0.05) is 23.0 Å². The van der Waals surface area contributed by atoms with Crippen molar-refractivity contribution in [3.8, 4) is 17.3 Å². The molecule has 0 saturated heterocycles. The van der Waals surface area contributed by atoms with E-state index in [-0.39, 0.29) is 5.57 Å². The highest BCUT2D eigenvalue weighted by atomic mass is 16.1. The summed E-state index contributed by atoms with van der Waals surface area (Å²) in [5.41, 5.74) is 4.05. The monoisotopic (exact) mass is 417 g/mol. The lowest BCUT2D eigenvalue weighted by atomic mass is 10.1. The number of anilines is 3. The first kappa shape index (κ1) is 20.5. The number of amides is 1. The molecule has 0 bridgehead atoms. The molecule has 0 radical (unpaired) electrons. The van der Waals surface area contributed by atoms with Crippen molar-refractivity contribution >= 4 is 29.2 Å². The highest BCUT2D eigenvalue weighted by Gasteiger charge is 2.10. The first-order valence-corrected chi connectivity index (χ1v) is 9.94. The van der Waals surface area contributed by atoms with E-state index in [1.807, 2.05) is 84.9 Å². The number of carbonyl (C=O) groups is 1. The van der Waals surface area contributed by atoms with Crippen LogP contribution in [0.2, 0.25) is 0 Å². The number of aromatic nitrogens is 2. The average molecular weight is 417 g/mol. The Kier molecular flexibility index (Phi) is 6.30. The molecule has 0 saturated carbocycles. The van der Waals surface area contributed by atoms with Crippen molar-refractivity contribution < 1.29 is 4.79 Å². The van der Waals surface area contributed by atoms with E-state index in [4.69, 9.17) is 0 Å². The van der Waals surface area contributed by atoms with Crippen LogP contribution in [0.25, 0.3) is 17.3 Å². The molecule has 1 heterocycles. The molecule has 6 heteroatoms. The van der Waals surface area contributed by atoms with Gasteiger partial charge in [0.15, 0.2) is 0 Å². The van der Waals surface area contributed by atoms with Gasteiger partial charge in [-0.2, -0.15) is 5.26 Å². The van der Waals surface area contributed by atoms with Crippen LogP contribution in [-0.2, 0) is 4.79 Å². The van der Waals surface area contributed by atoms with Gasteiger partial charge in [0.25, 0.3) is 5.91 Å². The van der Waals surface area contributed by atoms with E-state index in [9.17, 15) is 10.1 Å². The summed E-state index contributed by atoms with van der Waals surface area (Å²) in [5, 5.41) is 15.3. The second-order valence-corrected chi connectivity index (χ2v) is 6.89. The standard InChI is InChI=1S/C26H19N5O/c27-17-21(15-19-7-3-1-4-8-19)26(32)31-23-13-11-22(12-14-23)30-25-16-24(28-18-29-25)20-9-5-2-6-10-20/h1-16,18H,(H,31,32)(H,28,29,30)/b21-15+. The summed E-state index contributed by atoms with van der Waals surface area (Å²) >= 11 is 0. The van der Waals surface area contributed by atoms with Crippen molar-refractivity contribution in [3.63, 3.8) is 0 Å². The third-order valence-corrected chi connectivity index (χ3v) is 4.63. The van der Waals surface area contributed by atoms with Gasteiger partial charge in [0.2, 0.25) is 0 Å². The van der Waals surface area contributed by atoms with Crippen LogP contribution in [0.3, 0.4) is 0 Å². The highest BCUT2D eigenvalue weighted by molar-refractivity contribution is 6.09. The summed E-state index contributed by atoms with van der Waals surface area (Å²) in [6, 6.07) is 30.1. The fourth-order valence-electron chi connectivity index (χ4n) is 3.04. The van der Waals surface area contributed by atoms with Gasteiger partial charge in [-0.05, 0) is 35.9 Å². The van der Waals surface area contributed by atoms with E-state index in [1.54, 1.807) is 18.2 Å². The van der Waals surface area contributed by atoms with Gasteiger partial charge in [0.05, 0.1) is 5.69 Å². The fraction of sp³-hybridized carbons (Fsp3) is 0. The summed E-state index contributed by atoms with van der Waals surface area (Å²) in [7, 11) is 0. The molecule has 154 valence electrons. The highest BCUT2D eigenvalue weighted by Crippen LogP contribution is 2.22. The van der Waals surface area contributed by atoms with Gasteiger partial charge in [-0.15, -0.1) is 0 Å². The van der Waals surface area contributed by atoms with Crippen LogP contribution in [0.5, 0.6) is 0 Å². The summed E-state index contributed by atoms with van der Waals surface area (Å²) in [4.78, 5) is 21.1. The van der Waals surface area contributed by atoms with Crippen LogP contribution in [0.1, 0.15) is 5.56 Å². The molecule has 6 nitrogen and oxygen atoms in total. The predicted octanol–water partition coefficient (Wildman–Crippen LogP) is 5.43. The van der Waals surface area contributed by atoms with Crippen LogP contribution in [0.4, 0.5) is 17.2 Å². The SMILES string of the molecule is N#C/C(=C\c1ccccc1)C(=O)Nc1ccc(Nc2cc(-c3ccccc3)ncn2)cc1. The normalized spacial score (nSPS) is 10.8. The Morgan fingerprint density at radius 1 is 0.844 bits per heavy atom. The molecular weight excluding hydrogens is 398 g/mol. The average Bonchev–Trinajstić information content (AvgIpc) is 2.85. The minimum absolute atomic E-state index is 0.0350. The molecule has 1 amide bonds. The topological polar surface area (TPSA) is 90.7 Å². The molecule has 32 heavy (non-hydrogen) atoms. The number of benzene rings is 3. The van der Waals surface area contributed by atoms with Crippen LogP contribution >= 0.6 is 0 Å². The van der Waals surface area contributed by atoms with E-state index >= 15 is 0 Å². The van der Waals surface area contributed by atoms with Crippen LogP contribution < -0.4 is 10.6 Å². The third-order valence-electron chi connectivity index (χ3n) is 4.63. The molecule has 0 aliphatic heterocycles. The maximum Gasteiger partial charge on any atom is 0.266 e. The number of nitrogens with zero attached hydrogens (tertiary/aromatic N) is 3. The zero-order chi connectivity index (χ0) is 22.2. The van der Waals surface area contributed by atoms with E-state index in [2.05, 4.69) is 20.6 Å². The number of rotatable bonds is 6. The fourth-order valence-corrected chi connectivity index (χ4v) is 3.04. The Balaban J connectivity index is 1.43. The molecule has 0 aliphatic rings. The molecule has 0 aliphatic carbocycles. The van der Waals surface area contributed by atoms with Crippen LogP contribution in [0, 0.1) is 11.3 Å². The molecule has 1 aromatic heterocycles. The van der Waals surface area contributed by atoms with Gasteiger partial charge >= 0.3 is 0 Å². The largest absolute Gasteiger partial charge is 0.340 e. The van der Waals surface area contributed by atoms with Crippen molar-refractivity contribution in [1.29, 1.82) is 5.26 Å². The summed E-state index contributed by atoms with van der Waals surface area (Å²) in [6.45, 7) is 0. The first-order valence-electron chi connectivity index (χ1n) is 9.94. The molecule has 4 rings (SSSR count). The Labute approximate surface area is 185 Å². The second kappa shape index (κ2) is 9.83. The molecule has 3 aromatic carbocycles. The molecule has 0 atom stereocenters. The lowest BCUT2D eigenvalue weighted by Crippen LogP contribution is -2.13. The van der Waals surface area contributed by atoms with Gasteiger partial charge in [-0.1, -0.05) is 60.7 Å². The second-order valence-electron chi connectivity index (χ2n) is 6.89. The number of carbonyl (C=O) groups excluding carboxylic acids is 1. The van der Waals surface area contributed by atoms with Crippen molar-refractivity contribution in [2.45, 2.75) is 0 Å². The van der Waals surface area contributed by atoms with Gasteiger partial charge in [-0.3, -0.25) is 4.79 Å². The van der Waals surface area contributed by atoms with Crippen molar-refractivity contribution in [3.05, 3.63) is 108 Å². The smallest absolute Gasteiger partial charge is 0.266 e. The molecular formula is C26H19N5O. The zero-order valence-electron chi connectivity index (χ0n) is 17.1. The van der Waals surface area contributed by atoms with Crippen molar-refractivity contribution in [1.82, 2.24) is 9.97 Å². The summed E-state index contributed by atoms with van der Waals surface area (Å²) in [6.07, 6.45) is 3.08. The van der Waals surface area contributed by atoms with Gasteiger partial charge in [0.1, 0.15) is 23.8 Å².